The van der Waals surface area contributed by atoms with Gasteiger partial charge in [-0.3, -0.25) is 0 Å². The smallest absolute Gasteiger partial charge is 0.0232 e. The van der Waals surface area contributed by atoms with Gasteiger partial charge in [0, 0.05) is 51.4 Å². The molecular weight excluding hydrogens is 292 g/mol. The average molecular weight is 333 g/mol. The van der Waals surface area contributed by atoms with E-state index >= 15 is 0 Å². The molecule has 140 valence electrons. The van der Waals surface area contributed by atoms with Crippen LogP contribution in [0.5, 0.6) is 0 Å². The Hall–Kier alpha value is -0.320. The van der Waals surface area contributed by atoms with Crippen molar-refractivity contribution in [2.24, 2.45) is 22.9 Å². The first-order valence-corrected chi connectivity index (χ1v) is 8.97. The van der Waals surface area contributed by atoms with Gasteiger partial charge in [-0.25, -0.2) is 0 Å². The molecule has 0 aliphatic rings. The predicted molar refractivity (Wildman–Crippen MR) is 99.4 cm³/mol. The Morgan fingerprint density at radius 1 is 0.609 bits per heavy atom. The van der Waals surface area contributed by atoms with Gasteiger partial charge in [0.05, 0.1) is 0 Å². The molecule has 0 radical (unpaired) electrons. The molecule has 2 atom stereocenters. The summed E-state index contributed by atoms with van der Waals surface area (Å²) < 4.78 is 0. The molecule has 0 amide bonds. The van der Waals surface area contributed by atoms with Crippen molar-refractivity contribution in [1.82, 2.24) is 21.3 Å². The molecule has 0 aliphatic carbocycles. The summed E-state index contributed by atoms with van der Waals surface area (Å²) in [5.74, 6) is 0. The quantitative estimate of drug-likeness (QED) is 0.124. The van der Waals surface area contributed by atoms with Crippen LogP contribution in [0.15, 0.2) is 0 Å². The van der Waals surface area contributed by atoms with Gasteiger partial charge in [0.1, 0.15) is 0 Å². The highest BCUT2D eigenvalue weighted by molar-refractivity contribution is 4.81. The summed E-state index contributed by atoms with van der Waals surface area (Å²) in [6.07, 6.45) is 2.96. The summed E-state index contributed by atoms with van der Waals surface area (Å²) in [5, 5.41) is 13.5. The Labute approximate surface area is 141 Å². The first-order chi connectivity index (χ1) is 11.3. The summed E-state index contributed by atoms with van der Waals surface area (Å²) in [5.41, 5.74) is 22.8. The Morgan fingerprint density at radius 2 is 1.22 bits per heavy atom. The maximum Gasteiger partial charge on any atom is 0.0232 e. The van der Waals surface area contributed by atoms with Gasteiger partial charge in [0.15, 0.2) is 0 Å². The zero-order valence-electron chi connectivity index (χ0n) is 14.7. The molecule has 0 rings (SSSR count). The first kappa shape index (κ1) is 22.7. The van der Waals surface area contributed by atoms with Gasteiger partial charge < -0.3 is 44.2 Å². The number of hydrogen-bond donors (Lipinski definition) is 8. The van der Waals surface area contributed by atoms with E-state index in [0.29, 0.717) is 13.1 Å². The second-order valence-electron chi connectivity index (χ2n) is 5.77. The van der Waals surface area contributed by atoms with Crippen LogP contribution in [0, 0.1) is 0 Å². The fourth-order valence-electron chi connectivity index (χ4n) is 2.34. The van der Waals surface area contributed by atoms with Crippen molar-refractivity contribution in [1.29, 1.82) is 0 Å². The SMILES string of the molecule is NCCCNCCNCCC(N)C(CCNCCN)NCCN. The molecule has 0 aliphatic heterocycles. The second-order valence-corrected chi connectivity index (χ2v) is 5.77. The normalized spacial score (nSPS) is 14.1. The molecule has 0 aromatic heterocycles. The Balaban J connectivity index is 3.73. The number of hydrogen-bond acceptors (Lipinski definition) is 8. The van der Waals surface area contributed by atoms with E-state index in [9.17, 15) is 0 Å². The Bertz CT molecular complexity index is 230. The zero-order valence-corrected chi connectivity index (χ0v) is 14.7. The van der Waals surface area contributed by atoms with Crippen molar-refractivity contribution in [2.45, 2.75) is 31.3 Å². The molecular formula is C15H40N8. The van der Waals surface area contributed by atoms with Gasteiger partial charge in [-0.05, 0) is 45.4 Å². The molecule has 0 aromatic rings. The van der Waals surface area contributed by atoms with Crippen molar-refractivity contribution in [3.8, 4) is 0 Å². The van der Waals surface area contributed by atoms with E-state index in [1.807, 2.05) is 0 Å². The molecule has 8 heteroatoms. The minimum Gasteiger partial charge on any atom is -0.330 e. The van der Waals surface area contributed by atoms with E-state index in [2.05, 4.69) is 21.3 Å². The minimum atomic E-state index is 0.124. The van der Waals surface area contributed by atoms with Gasteiger partial charge in [-0.1, -0.05) is 0 Å². The van der Waals surface area contributed by atoms with Crippen LogP contribution in [0.1, 0.15) is 19.3 Å². The summed E-state index contributed by atoms with van der Waals surface area (Å²) in [6.45, 7) is 8.44. The third kappa shape index (κ3) is 15.0. The summed E-state index contributed by atoms with van der Waals surface area (Å²) in [4.78, 5) is 0. The third-order valence-corrected chi connectivity index (χ3v) is 3.71. The summed E-state index contributed by atoms with van der Waals surface area (Å²) in [6, 6.07) is 0.409. The van der Waals surface area contributed by atoms with Gasteiger partial charge in [-0.15, -0.1) is 0 Å². The van der Waals surface area contributed by atoms with E-state index < -0.39 is 0 Å². The number of nitrogens with two attached hydrogens (primary N) is 4. The monoisotopic (exact) mass is 332 g/mol. The highest BCUT2D eigenvalue weighted by Gasteiger charge is 2.16. The van der Waals surface area contributed by atoms with Gasteiger partial charge in [-0.2, -0.15) is 0 Å². The lowest BCUT2D eigenvalue weighted by atomic mass is 10.0. The van der Waals surface area contributed by atoms with Crippen LogP contribution >= 0.6 is 0 Å². The van der Waals surface area contributed by atoms with Crippen LogP contribution in [0.2, 0.25) is 0 Å². The number of nitrogens with one attached hydrogen (secondary N) is 4. The molecule has 12 N–H and O–H groups in total. The number of rotatable bonds is 18. The lowest BCUT2D eigenvalue weighted by Gasteiger charge is -2.25. The maximum atomic E-state index is 6.33. The predicted octanol–water partition coefficient (Wildman–Crippen LogP) is -2.91. The topological polar surface area (TPSA) is 152 Å². The second kappa shape index (κ2) is 18.0. The van der Waals surface area contributed by atoms with Crippen LogP contribution in [-0.2, 0) is 0 Å². The first-order valence-electron chi connectivity index (χ1n) is 8.97. The van der Waals surface area contributed by atoms with Crippen LogP contribution in [0.4, 0.5) is 0 Å². The zero-order chi connectivity index (χ0) is 17.2. The molecule has 0 saturated carbocycles. The van der Waals surface area contributed by atoms with E-state index in [1.54, 1.807) is 0 Å². The largest absolute Gasteiger partial charge is 0.330 e. The van der Waals surface area contributed by atoms with Crippen molar-refractivity contribution in [3.05, 3.63) is 0 Å². The van der Waals surface area contributed by atoms with Crippen LogP contribution in [0.25, 0.3) is 0 Å². The van der Waals surface area contributed by atoms with Gasteiger partial charge in [0.2, 0.25) is 0 Å². The van der Waals surface area contributed by atoms with E-state index in [-0.39, 0.29) is 12.1 Å². The van der Waals surface area contributed by atoms with Crippen molar-refractivity contribution in [2.75, 3.05) is 65.4 Å². The molecule has 2 unspecified atom stereocenters. The van der Waals surface area contributed by atoms with E-state index in [4.69, 9.17) is 22.9 Å². The lowest BCUT2D eigenvalue weighted by Crippen LogP contribution is -2.49. The van der Waals surface area contributed by atoms with Crippen molar-refractivity contribution >= 4 is 0 Å². The average Bonchev–Trinajstić information content (AvgIpc) is 2.56. The Morgan fingerprint density at radius 3 is 1.87 bits per heavy atom. The molecule has 0 heterocycles. The van der Waals surface area contributed by atoms with Gasteiger partial charge in [0.25, 0.3) is 0 Å². The third-order valence-electron chi connectivity index (χ3n) is 3.71. The molecule has 0 aromatic carbocycles. The Kier molecular flexibility index (Phi) is 17.8. The molecule has 0 bridgehead atoms. The van der Waals surface area contributed by atoms with Crippen LogP contribution in [0.3, 0.4) is 0 Å². The van der Waals surface area contributed by atoms with Crippen molar-refractivity contribution < 1.29 is 0 Å². The fourth-order valence-corrected chi connectivity index (χ4v) is 2.34. The maximum absolute atomic E-state index is 6.33. The van der Waals surface area contributed by atoms with Gasteiger partial charge >= 0.3 is 0 Å². The molecule has 0 fully saturated rings. The highest BCUT2D eigenvalue weighted by Crippen LogP contribution is 2.00. The molecule has 0 saturated heterocycles. The van der Waals surface area contributed by atoms with E-state index in [0.717, 1.165) is 71.6 Å². The molecule has 8 nitrogen and oxygen atoms in total. The van der Waals surface area contributed by atoms with Crippen LogP contribution < -0.4 is 44.2 Å². The highest BCUT2D eigenvalue weighted by atomic mass is 15.0. The standard InChI is InChI=1S/C15H40N8/c16-4-1-7-20-12-13-22-8-2-14(19)15(23-11-6-18)3-9-21-10-5-17/h14-15,20-23H,1-13,16-19H2. The minimum absolute atomic E-state index is 0.124. The molecule has 0 spiro atoms. The van der Waals surface area contributed by atoms with Crippen molar-refractivity contribution in [3.63, 3.8) is 0 Å². The van der Waals surface area contributed by atoms with E-state index in [1.165, 1.54) is 0 Å². The van der Waals surface area contributed by atoms with Crippen LogP contribution in [-0.4, -0.2) is 77.5 Å². The summed E-state index contributed by atoms with van der Waals surface area (Å²) >= 11 is 0. The summed E-state index contributed by atoms with van der Waals surface area (Å²) in [7, 11) is 0. The molecule has 23 heavy (non-hydrogen) atoms. The fraction of sp³-hybridized carbons (Fsp3) is 1.00. The lowest BCUT2D eigenvalue weighted by molar-refractivity contribution is 0.381.